The minimum absolute atomic E-state index is 0.284. The van der Waals surface area contributed by atoms with Gasteiger partial charge in [0.05, 0.1) is 0 Å². The number of aromatic carboxylic acids is 1. The second kappa shape index (κ2) is 6.96. The van der Waals surface area contributed by atoms with Crippen LogP contribution in [0.5, 0.6) is 0 Å². The lowest BCUT2D eigenvalue weighted by molar-refractivity contribution is 0.0692. The maximum absolute atomic E-state index is 11.7. The zero-order chi connectivity index (χ0) is 17.0. The molecule has 0 aliphatic heterocycles. The summed E-state index contributed by atoms with van der Waals surface area (Å²) in [6, 6.07) is 6.68. The van der Waals surface area contributed by atoms with Crippen LogP contribution in [0.3, 0.4) is 0 Å². The molecule has 0 radical (unpaired) electrons. The SMILES string of the molecule is C=CCN(CC(C)C=C)c1ccc2cc(C(=O)O)c(=O)oc2c1. The summed E-state index contributed by atoms with van der Waals surface area (Å²) < 4.78 is 5.15. The average molecular weight is 313 g/mol. The Morgan fingerprint density at radius 3 is 2.74 bits per heavy atom. The Hall–Kier alpha value is -2.82. The topological polar surface area (TPSA) is 70.8 Å². The molecule has 1 aromatic heterocycles. The smallest absolute Gasteiger partial charge is 0.351 e. The predicted molar refractivity (Wildman–Crippen MR) is 91.2 cm³/mol. The number of benzene rings is 1. The molecule has 120 valence electrons. The summed E-state index contributed by atoms with van der Waals surface area (Å²) in [6.45, 7) is 11.0. The Morgan fingerprint density at radius 2 is 2.13 bits per heavy atom. The van der Waals surface area contributed by atoms with Crippen LogP contribution in [0.25, 0.3) is 11.0 Å². The van der Waals surface area contributed by atoms with E-state index in [4.69, 9.17) is 9.52 Å². The normalized spacial score (nSPS) is 11.9. The molecule has 0 saturated carbocycles. The van der Waals surface area contributed by atoms with Gasteiger partial charge in [0.2, 0.25) is 0 Å². The van der Waals surface area contributed by atoms with Crippen LogP contribution in [0.4, 0.5) is 5.69 Å². The van der Waals surface area contributed by atoms with Crippen LogP contribution in [0.2, 0.25) is 0 Å². The molecule has 1 heterocycles. The summed E-state index contributed by atoms with van der Waals surface area (Å²) in [5.41, 5.74) is 0.0144. The molecule has 23 heavy (non-hydrogen) atoms. The molecule has 2 aromatic rings. The van der Waals surface area contributed by atoms with Crippen molar-refractivity contribution in [3.05, 3.63) is 65.6 Å². The van der Waals surface area contributed by atoms with E-state index in [2.05, 4.69) is 25.0 Å². The number of rotatable bonds is 7. The van der Waals surface area contributed by atoms with Crippen molar-refractivity contribution in [1.29, 1.82) is 0 Å². The highest BCUT2D eigenvalue weighted by Crippen LogP contribution is 2.23. The quantitative estimate of drug-likeness (QED) is 0.627. The molecule has 1 atom stereocenters. The van der Waals surface area contributed by atoms with E-state index in [9.17, 15) is 9.59 Å². The number of nitrogens with zero attached hydrogens (tertiary/aromatic N) is 1. The summed E-state index contributed by atoms with van der Waals surface area (Å²) in [7, 11) is 0. The fraction of sp³-hybridized carbons (Fsp3) is 0.222. The highest BCUT2D eigenvalue weighted by molar-refractivity contribution is 5.92. The second-order valence-electron chi connectivity index (χ2n) is 5.38. The molecule has 0 spiro atoms. The van der Waals surface area contributed by atoms with Crippen molar-refractivity contribution >= 4 is 22.6 Å². The van der Waals surface area contributed by atoms with Crippen LogP contribution >= 0.6 is 0 Å². The van der Waals surface area contributed by atoms with Gasteiger partial charge in [0, 0.05) is 30.2 Å². The third-order valence-corrected chi connectivity index (χ3v) is 3.58. The highest BCUT2D eigenvalue weighted by Gasteiger charge is 2.14. The first-order valence-electron chi connectivity index (χ1n) is 7.26. The Morgan fingerprint density at radius 1 is 1.39 bits per heavy atom. The first kappa shape index (κ1) is 16.5. The van der Waals surface area contributed by atoms with Crippen molar-refractivity contribution in [3.63, 3.8) is 0 Å². The van der Waals surface area contributed by atoms with Gasteiger partial charge in [0.25, 0.3) is 0 Å². The molecule has 1 unspecified atom stereocenters. The van der Waals surface area contributed by atoms with Gasteiger partial charge in [-0.2, -0.15) is 0 Å². The van der Waals surface area contributed by atoms with E-state index in [-0.39, 0.29) is 11.5 Å². The number of hydrogen-bond donors (Lipinski definition) is 1. The number of carboxylic acid groups (broad SMARTS) is 1. The van der Waals surface area contributed by atoms with Gasteiger partial charge in [0.1, 0.15) is 11.1 Å². The van der Waals surface area contributed by atoms with Gasteiger partial charge < -0.3 is 14.4 Å². The fourth-order valence-corrected chi connectivity index (χ4v) is 2.31. The van der Waals surface area contributed by atoms with Crippen LogP contribution in [-0.4, -0.2) is 24.2 Å². The number of carbonyl (C=O) groups is 1. The lowest BCUT2D eigenvalue weighted by Crippen LogP contribution is -2.27. The van der Waals surface area contributed by atoms with Crippen LogP contribution in [0.1, 0.15) is 17.3 Å². The molecule has 2 rings (SSSR count). The third kappa shape index (κ3) is 3.69. The molecule has 0 bridgehead atoms. The zero-order valence-electron chi connectivity index (χ0n) is 13.0. The Bertz CT molecular complexity index is 806. The largest absolute Gasteiger partial charge is 0.477 e. The van der Waals surface area contributed by atoms with Crippen molar-refractivity contribution in [3.8, 4) is 0 Å². The maximum atomic E-state index is 11.7. The number of anilines is 1. The molecule has 0 fully saturated rings. The van der Waals surface area contributed by atoms with Gasteiger partial charge in [-0.1, -0.05) is 19.1 Å². The minimum atomic E-state index is -1.29. The summed E-state index contributed by atoms with van der Waals surface area (Å²) in [4.78, 5) is 24.8. The molecule has 5 nitrogen and oxygen atoms in total. The molecule has 0 saturated heterocycles. The van der Waals surface area contributed by atoms with Crippen LogP contribution in [0.15, 0.2) is 58.8 Å². The molecule has 1 aromatic carbocycles. The highest BCUT2D eigenvalue weighted by atomic mass is 16.4. The summed E-state index contributed by atoms with van der Waals surface area (Å²) in [5, 5.41) is 9.55. The van der Waals surface area contributed by atoms with E-state index in [0.29, 0.717) is 17.5 Å². The average Bonchev–Trinajstić information content (AvgIpc) is 2.52. The number of fused-ring (bicyclic) bond motifs is 1. The van der Waals surface area contributed by atoms with E-state index < -0.39 is 11.6 Å². The van der Waals surface area contributed by atoms with Crippen molar-refractivity contribution < 1.29 is 14.3 Å². The van der Waals surface area contributed by atoms with Crippen molar-refractivity contribution in [2.45, 2.75) is 6.92 Å². The molecule has 0 aliphatic rings. The first-order valence-corrected chi connectivity index (χ1v) is 7.26. The third-order valence-electron chi connectivity index (χ3n) is 3.58. The lowest BCUT2D eigenvalue weighted by atomic mass is 10.1. The van der Waals surface area contributed by atoms with Crippen LogP contribution < -0.4 is 10.5 Å². The second-order valence-corrected chi connectivity index (χ2v) is 5.38. The monoisotopic (exact) mass is 313 g/mol. The van der Waals surface area contributed by atoms with E-state index in [1.165, 1.54) is 6.07 Å². The van der Waals surface area contributed by atoms with Crippen molar-refractivity contribution in [1.82, 2.24) is 0 Å². The van der Waals surface area contributed by atoms with E-state index >= 15 is 0 Å². The van der Waals surface area contributed by atoms with Gasteiger partial charge in [-0.3, -0.25) is 0 Å². The van der Waals surface area contributed by atoms with Crippen LogP contribution in [0, 0.1) is 5.92 Å². The van der Waals surface area contributed by atoms with E-state index in [1.807, 2.05) is 12.1 Å². The van der Waals surface area contributed by atoms with E-state index in [0.717, 1.165) is 12.2 Å². The summed E-state index contributed by atoms with van der Waals surface area (Å²) in [5.74, 6) is -1.01. The van der Waals surface area contributed by atoms with Gasteiger partial charge in [-0.15, -0.1) is 13.2 Å². The van der Waals surface area contributed by atoms with Crippen molar-refractivity contribution in [2.75, 3.05) is 18.0 Å². The summed E-state index contributed by atoms with van der Waals surface area (Å²) in [6.07, 6.45) is 3.67. The molecule has 0 amide bonds. The standard InChI is InChI=1S/C18H19NO4/c1-4-8-19(11-12(3)5-2)14-7-6-13-9-15(17(20)21)18(22)23-16(13)10-14/h4-7,9-10,12H,1-2,8,11H2,3H3,(H,20,21). The molecular formula is C18H19NO4. The van der Waals surface area contributed by atoms with Crippen molar-refractivity contribution in [2.24, 2.45) is 5.92 Å². The maximum Gasteiger partial charge on any atom is 0.351 e. The molecule has 1 N–H and O–H groups in total. The number of carboxylic acids is 1. The molecule has 5 heteroatoms. The fourth-order valence-electron chi connectivity index (χ4n) is 2.31. The summed E-state index contributed by atoms with van der Waals surface area (Å²) >= 11 is 0. The van der Waals surface area contributed by atoms with E-state index in [1.54, 1.807) is 18.2 Å². The van der Waals surface area contributed by atoms with Gasteiger partial charge in [-0.05, 0) is 24.1 Å². The zero-order valence-corrected chi connectivity index (χ0v) is 13.0. The molecule has 0 aliphatic carbocycles. The predicted octanol–water partition coefficient (Wildman–Crippen LogP) is 3.31. The Balaban J connectivity index is 2.47. The minimum Gasteiger partial charge on any atom is -0.477 e. The van der Waals surface area contributed by atoms with Gasteiger partial charge in [-0.25, -0.2) is 9.59 Å². The van der Waals surface area contributed by atoms with Gasteiger partial charge in [0.15, 0.2) is 0 Å². The van der Waals surface area contributed by atoms with Gasteiger partial charge >= 0.3 is 11.6 Å². The first-order chi connectivity index (χ1) is 11.0. The Labute approximate surface area is 134 Å². The lowest BCUT2D eigenvalue weighted by Gasteiger charge is -2.25. The van der Waals surface area contributed by atoms with Crippen LogP contribution in [-0.2, 0) is 0 Å². The molecular weight excluding hydrogens is 294 g/mol. The Kier molecular flexibility index (Phi) is 5.01. The number of hydrogen-bond acceptors (Lipinski definition) is 4.